The summed E-state index contributed by atoms with van der Waals surface area (Å²) < 4.78 is 5.39. The highest BCUT2D eigenvalue weighted by molar-refractivity contribution is 5.85. The quantitative estimate of drug-likeness (QED) is 0.662. The number of benzene rings is 1. The molecule has 1 rings (SSSR count). The Morgan fingerprint density at radius 3 is 2.64 bits per heavy atom. The standard InChI is InChI=1S/C15H23N3O3.ClH/c1-3-17-15(20)10-21-13-6-4-5-12(8-13)9-18-14(19)7-11(2)16;/h4-6,8,11H,3,7,9-10,16H2,1-2H3,(H,17,20)(H,18,19);1H. The lowest BCUT2D eigenvalue weighted by Crippen LogP contribution is -2.29. The van der Waals surface area contributed by atoms with E-state index in [1.54, 1.807) is 19.1 Å². The maximum atomic E-state index is 11.5. The van der Waals surface area contributed by atoms with E-state index in [-0.39, 0.29) is 36.9 Å². The lowest BCUT2D eigenvalue weighted by molar-refractivity contribution is -0.123. The molecule has 0 saturated heterocycles. The van der Waals surface area contributed by atoms with E-state index in [4.69, 9.17) is 10.5 Å². The highest BCUT2D eigenvalue weighted by atomic mass is 35.5. The number of carbonyl (C=O) groups is 2. The molecule has 124 valence electrons. The summed E-state index contributed by atoms with van der Waals surface area (Å²) >= 11 is 0. The van der Waals surface area contributed by atoms with Crippen LogP contribution in [-0.2, 0) is 16.1 Å². The van der Waals surface area contributed by atoms with E-state index in [0.29, 0.717) is 25.3 Å². The Morgan fingerprint density at radius 2 is 2.00 bits per heavy atom. The molecule has 22 heavy (non-hydrogen) atoms. The molecule has 0 spiro atoms. The molecule has 0 saturated carbocycles. The summed E-state index contributed by atoms with van der Waals surface area (Å²) in [6, 6.07) is 7.11. The third-order valence-electron chi connectivity index (χ3n) is 2.64. The van der Waals surface area contributed by atoms with Crippen molar-refractivity contribution in [1.29, 1.82) is 0 Å². The fraction of sp³-hybridized carbons (Fsp3) is 0.467. The minimum Gasteiger partial charge on any atom is -0.484 e. The molecule has 1 aromatic rings. The molecule has 4 N–H and O–H groups in total. The van der Waals surface area contributed by atoms with Gasteiger partial charge in [0, 0.05) is 25.6 Å². The molecule has 6 nitrogen and oxygen atoms in total. The first-order chi connectivity index (χ1) is 10.0. The molecule has 1 atom stereocenters. The van der Waals surface area contributed by atoms with Gasteiger partial charge in [0.25, 0.3) is 5.91 Å². The van der Waals surface area contributed by atoms with Crippen LogP contribution in [0.2, 0.25) is 0 Å². The van der Waals surface area contributed by atoms with Crippen molar-refractivity contribution in [2.75, 3.05) is 13.2 Å². The molecule has 2 amide bonds. The second-order valence-electron chi connectivity index (χ2n) is 4.85. The van der Waals surface area contributed by atoms with Crippen LogP contribution in [0.1, 0.15) is 25.8 Å². The Balaban J connectivity index is 0.00000441. The van der Waals surface area contributed by atoms with E-state index in [2.05, 4.69) is 10.6 Å². The molecular weight excluding hydrogens is 306 g/mol. The summed E-state index contributed by atoms with van der Waals surface area (Å²) in [5.74, 6) is 0.354. The van der Waals surface area contributed by atoms with E-state index >= 15 is 0 Å². The zero-order chi connectivity index (χ0) is 15.7. The van der Waals surface area contributed by atoms with Gasteiger partial charge in [0.2, 0.25) is 5.91 Å². The number of nitrogens with two attached hydrogens (primary N) is 1. The van der Waals surface area contributed by atoms with Gasteiger partial charge in [-0.15, -0.1) is 12.4 Å². The number of hydrogen-bond acceptors (Lipinski definition) is 4. The van der Waals surface area contributed by atoms with Crippen LogP contribution in [0.15, 0.2) is 24.3 Å². The number of hydrogen-bond donors (Lipinski definition) is 3. The van der Waals surface area contributed by atoms with Gasteiger partial charge >= 0.3 is 0 Å². The Bertz CT molecular complexity index is 481. The van der Waals surface area contributed by atoms with Crippen molar-refractivity contribution in [3.63, 3.8) is 0 Å². The number of amides is 2. The summed E-state index contributed by atoms with van der Waals surface area (Å²) in [6.07, 6.45) is 0.299. The molecule has 0 bridgehead atoms. The van der Waals surface area contributed by atoms with Crippen LogP contribution >= 0.6 is 12.4 Å². The highest BCUT2D eigenvalue weighted by Crippen LogP contribution is 2.13. The summed E-state index contributed by atoms with van der Waals surface area (Å²) in [7, 11) is 0. The fourth-order valence-electron chi connectivity index (χ4n) is 1.71. The number of likely N-dealkylation sites (N-methyl/N-ethyl adjacent to an activating group) is 1. The second-order valence-corrected chi connectivity index (χ2v) is 4.85. The van der Waals surface area contributed by atoms with E-state index < -0.39 is 0 Å². The first kappa shape index (κ1) is 20.2. The normalized spacial score (nSPS) is 11.0. The van der Waals surface area contributed by atoms with Crippen LogP contribution in [-0.4, -0.2) is 31.0 Å². The first-order valence-electron chi connectivity index (χ1n) is 7.02. The van der Waals surface area contributed by atoms with Gasteiger partial charge < -0.3 is 21.1 Å². The van der Waals surface area contributed by atoms with E-state index in [0.717, 1.165) is 5.56 Å². The monoisotopic (exact) mass is 329 g/mol. The van der Waals surface area contributed by atoms with Crippen molar-refractivity contribution in [3.05, 3.63) is 29.8 Å². The van der Waals surface area contributed by atoms with Crippen LogP contribution in [0, 0.1) is 0 Å². The zero-order valence-corrected chi connectivity index (χ0v) is 13.7. The first-order valence-corrected chi connectivity index (χ1v) is 7.02. The third-order valence-corrected chi connectivity index (χ3v) is 2.64. The van der Waals surface area contributed by atoms with Crippen molar-refractivity contribution in [2.45, 2.75) is 32.9 Å². The van der Waals surface area contributed by atoms with E-state index in [1.165, 1.54) is 0 Å². The lowest BCUT2D eigenvalue weighted by Gasteiger charge is -2.10. The molecule has 1 aromatic carbocycles. The SMILES string of the molecule is CCNC(=O)COc1cccc(CNC(=O)CC(C)N)c1.Cl. The largest absolute Gasteiger partial charge is 0.484 e. The Morgan fingerprint density at radius 1 is 1.27 bits per heavy atom. The molecule has 0 aliphatic carbocycles. The average molecular weight is 330 g/mol. The van der Waals surface area contributed by atoms with Gasteiger partial charge in [-0.2, -0.15) is 0 Å². The van der Waals surface area contributed by atoms with Gasteiger partial charge in [0.1, 0.15) is 5.75 Å². The molecule has 0 aliphatic heterocycles. The van der Waals surface area contributed by atoms with Gasteiger partial charge in [-0.25, -0.2) is 0 Å². The maximum absolute atomic E-state index is 11.5. The lowest BCUT2D eigenvalue weighted by atomic mass is 10.2. The number of rotatable bonds is 8. The molecular formula is C15H24ClN3O3. The average Bonchev–Trinajstić information content (AvgIpc) is 2.43. The Hall–Kier alpha value is -1.79. The van der Waals surface area contributed by atoms with E-state index in [9.17, 15) is 9.59 Å². The van der Waals surface area contributed by atoms with Crippen molar-refractivity contribution in [1.82, 2.24) is 10.6 Å². The van der Waals surface area contributed by atoms with Crippen molar-refractivity contribution < 1.29 is 14.3 Å². The molecule has 0 radical (unpaired) electrons. The minimum absolute atomic E-state index is 0. The van der Waals surface area contributed by atoms with Crippen molar-refractivity contribution >= 4 is 24.2 Å². The Labute approximate surface area is 137 Å². The van der Waals surface area contributed by atoms with E-state index in [1.807, 2.05) is 19.1 Å². The molecule has 0 fully saturated rings. The van der Waals surface area contributed by atoms with Crippen LogP contribution in [0.4, 0.5) is 0 Å². The zero-order valence-electron chi connectivity index (χ0n) is 12.9. The predicted molar refractivity (Wildman–Crippen MR) is 88.0 cm³/mol. The summed E-state index contributed by atoms with van der Waals surface area (Å²) in [5, 5.41) is 5.44. The Kier molecular flexibility index (Phi) is 9.98. The predicted octanol–water partition coefficient (Wildman–Crippen LogP) is 0.977. The van der Waals surface area contributed by atoms with Crippen LogP contribution < -0.4 is 21.1 Å². The van der Waals surface area contributed by atoms with Gasteiger partial charge in [-0.3, -0.25) is 9.59 Å². The van der Waals surface area contributed by atoms with Crippen molar-refractivity contribution in [2.24, 2.45) is 5.73 Å². The summed E-state index contributed by atoms with van der Waals surface area (Å²) in [4.78, 5) is 22.8. The third kappa shape index (κ3) is 8.49. The topological polar surface area (TPSA) is 93.5 Å². The molecule has 7 heteroatoms. The molecule has 0 heterocycles. The molecule has 1 unspecified atom stereocenters. The fourth-order valence-corrected chi connectivity index (χ4v) is 1.71. The van der Waals surface area contributed by atoms with Gasteiger partial charge in [0.05, 0.1) is 0 Å². The van der Waals surface area contributed by atoms with Gasteiger partial charge in [-0.05, 0) is 31.5 Å². The van der Waals surface area contributed by atoms with Crippen LogP contribution in [0.3, 0.4) is 0 Å². The minimum atomic E-state index is -0.159. The summed E-state index contributed by atoms with van der Waals surface area (Å²) in [6.45, 7) is 4.60. The van der Waals surface area contributed by atoms with Gasteiger partial charge in [0.15, 0.2) is 6.61 Å². The maximum Gasteiger partial charge on any atom is 0.257 e. The molecule has 0 aromatic heterocycles. The summed E-state index contributed by atoms with van der Waals surface area (Å²) in [5.41, 5.74) is 6.46. The smallest absolute Gasteiger partial charge is 0.257 e. The number of carbonyl (C=O) groups excluding carboxylic acids is 2. The highest BCUT2D eigenvalue weighted by Gasteiger charge is 2.05. The number of halogens is 1. The van der Waals surface area contributed by atoms with Crippen molar-refractivity contribution in [3.8, 4) is 5.75 Å². The van der Waals surface area contributed by atoms with Crippen LogP contribution in [0.5, 0.6) is 5.75 Å². The number of nitrogens with one attached hydrogen (secondary N) is 2. The number of ether oxygens (including phenoxy) is 1. The van der Waals surface area contributed by atoms with Gasteiger partial charge in [-0.1, -0.05) is 12.1 Å². The molecule has 0 aliphatic rings. The van der Waals surface area contributed by atoms with Crippen LogP contribution in [0.25, 0.3) is 0 Å². The second kappa shape index (κ2) is 10.9.